The maximum absolute atomic E-state index is 12.1. The topological polar surface area (TPSA) is 79.2 Å². The van der Waals surface area contributed by atoms with Crippen molar-refractivity contribution in [2.75, 3.05) is 16.0 Å². The molecule has 2 aromatic carbocycles. The van der Waals surface area contributed by atoms with E-state index in [4.69, 9.17) is 5.73 Å². The van der Waals surface area contributed by atoms with Crippen LogP contribution in [0.5, 0.6) is 0 Å². The van der Waals surface area contributed by atoms with Crippen molar-refractivity contribution in [3.8, 4) is 0 Å². The highest BCUT2D eigenvalue weighted by Crippen LogP contribution is 2.16. The predicted octanol–water partition coefficient (Wildman–Crippen LogP) is 5.29. The standard InChI is InChI=1S/C21H28N4O/c1-15(2)8-9-17(22)14-23-18-10-12-19(13-11-18)24-21(26)25-20-7-5-4-6-16(20)3/h4-7,10-15,23H,8-9,22H2,1-3H3,(H2,24,25,26)/b17-14-. The van der Waals surface area contributed by atoms with Crippen molar-refractivity contribution in [2.24, 2.45) is 11.7 Å². The fraction of sp³-hybridized carbons (Fsp3) is 0.286. The number of aryl methyl sites for hydroxylation is 1. The van der Waals surface area contributed by atoms with Crippen molar-refractivity contribution in [1.82, 2.24) is 0 Å². The molecule has 0 aliphatic carbocycles. The van der Waals surface area contributed by atoms with Gasteiger partial charge in [-0.3, -0.25) is 0 Å². The number of benzene rings is 2. The van der Waals surface area contributed by atoms with Crippen molar-refractivity contribution in [1.29, 1.82) is 0 Å². The molecule has 138 valence electrons. The lowest BCUT2D eigenvalue weighted by molar-refractivity contribution is 0.262. The summed E-state index contributed by atoms with van der Waals surface area (Å²) in [6.45, 7) is 6.32. The summed E-state index contributed by atoms with van der Waals surface area (Å²) in [6.07, 6.45) is 3.78. The summed E-state index contributed by atoms with van der Waals surface area (Å²) in [4.78, 5) is 12.1. The van der Waals surface area contributed by atoms with Crippen LogP contribution in [0.15, 0.2) is 60.4 Å². The molecule has 0 atom stereocenters. The number of para-hydroxylation sites is 1. The second-order valence-corrected chi connectivity index (χ2v) is 6.77. The number of hydrogen-bond donors (Lipinski definition) is 4. The van der Waals surface area contributed by atoms with Crippen LogP contribution in [0.1, 0.15) is 32.3 Å². The fourth-order valence-electron chi connectivity index (χ4n) is 2.35. The predicted molar refractivity (Wildman–Crippen MR) is 110 cm³/mol. The average molecular weight is 352 g/mol. The van der Waals surface area contributed by atoms with Crippen LogP contribution >= 0.6 is 0 Å². The third-order valence-corrected chi connectivity index (χ3v) is 3.97. The van der Waals surface area contributed by atoms with Crippen LogP contribution in [-0.4, -0.2) is 6.03 Å². The molecular weight excluding hydrogens is 324 g/mol. The monoisotopic (exact) mass is 352 g/mol. The number of rotatable bonds is 7. The van der Waals surface area contributed by atoms with E-state index in [1.54, 1.807) is 0 Å². The van der Waals surface area contributed by atoms with Gasteiger partial charge in [-0.25, -0.2) is 4.79 Å². The zero-order valence-corrected chi connectivity index (χ0v) is 15.7. The molecule has 26 heavy (non-hydrogen) atoms. The smallest absolute Gasteiger partial charge is 0.323 e. The number of carbonyl (C=O) groups excluding carboxylic acids is 1. The number of urea groups is 1. The van der Waals surface area contributed by atoms with Gasteiger partial charge in [-0.1, -0.05) is 32.0 Å². The Bertz CT molecular complexity index is 751. The van der Waals surface area contributed by atoms with Gasteiger partial charge in [0.05, 0.1) is 0 Å². The number of carbonyl (C=O) groups is 1. The van der Waals surface area contributed by atoms with Gasteiger partial charge in [-0.2, -0.15) is 0 Å². The van der Waals surface area contributed by atoms with Gasteiger partial charge in [-0.05, 0) is 61.6 Å². The normalized spacial score (nSPS) is 11.3. The Balaban J connectivity index is 1.86. The molecule has 2 aromatic rings. The molecule has 0 saturated heterocycles. The highest BCUT2D eigenvalue weighted by Gasteiger charge is 2.04. The van der Waals surface area contributed by atoms with Gasteiger partial charge in [0.25, 0.3) is 0 Å². The largest absolute Gasteiger partial charge is 0.401 e. The van der Waals surface area contributed by atoms with Gasteiger partial charge in [-0.15, -0.1) is 0 Å². The van der Waals surface area contributed by atoms with Gasteiger partial charge in [0, 0.05) is 29.0 Å². The van der Waals surface area contributed by atoms with Crippen molar-refractivity contribution in [3.63, 3.8) is 0 Å². The molecule has 0 heterocycles. The highest BCUT2D eigenvalue weighted by molar-refractivity contribution is 6.00. The van der Waals surface area contributed by atoms with Crippen molar-refractivity contribution < 1.29 is 4.79 Å². The van der Waals surface area contributed by atoms with Gasteiger partial charge < -0.3 is 21.7 Å². The lowest BCUT2D eigenvalue weighted by atomic mass is 10.1. The molecule has 2 rings (SSSR count). The van der Waals surface area contributed by atoms with Crippen LogP contribution in [-0.2, 0) is 0 Å². The molecule has 5 nitrogen and oxygen atoms in total. The zero-order valence-electron chi connectivity index (χ0n) is 15.7. The third kappa shape index (κ3) is 6.51. The molecular formula is C21H28N4O. The maximum Gasteiger partial charge on any atom is 0.323 e. The van der Waals surface area contributed by atoms with Crippen LogP contribution in [0.25, 0.3) is 0 Å². The Hall–Kier alpha value is -2.95. The highest BCUT2D eigenvalue weighted by atomic mass is 16.2. The Kier molecular flexibility index (Phi) is 7.09. The van der Waals surface area contributed by atoms with E-state index in [1.165, 1.54) is 0 Å². The molecule has 0 unspecified atom stereocenters. The van der Waals surface area contributed by atoms with Gasteiger partial charge in [0.15, 0.2) is 0 Å². The number of allylic oxidation sites excluding steroid dienone is 1. The van der Waals surface area contributed by atoms with Crippen molar-refractivity contribution in [2.45, 2.75) is 33.6 Å². The average Bonchev–Trinajstić information content (AvgIpc) is 2.61. The molecule has 0 bridgehead atoms. The van der Waals surface area contributed by atoms with Crippen molar-refractivity contribution in [3.05, 3.63) is 66.0 Å². The second kappa shape index (κ2) is 9.51. The number of anilines is 3. The van der Waals surface area contributed by atoms with Crippen molar-refractivity contribution >= 4 is 23.1 Å². The minimum Gasteiger partial charge on any atom is -0.401 e. The third-order valence-electron chi connectivity index (χ3n) is 3.97. The van der Waals surface area contributed by atoms with E-state index in [0.717, 1.165) is 41.2 Å². The van der Waals surface area contributed by atoms with E-state index in [0.29, 0.717) is 5.92 Å². The SMILES string of the molecule is Cc1ccccc1NC(=O)Nc1ccc(N/C=C(\N)CCC(C)C)cc1. The minimum absolute atomic E-state index is 0.266. The van der Waals surface area contributed by atoms with E-state index in [9.17, 15) is 4.79 Å². The second-order valence-electron chi connectivity index (χ2n) is 6.77. The van der Waals surface area contributed by atoms with Gasteiger partial charge in [0.1, 0.15) is 0 Å². The molecule has 0 aromatic heterocycles. The van der Waals surface area contributed by atoms with Crippen LogP contribution in [0, 0.1) is 12.8 Å². The molecule has 0 spiro atoms. The molecule has 0 aliphatic heterocycles. The summed E-state index contributed by atoms with van der Waals surface area (Å²) in [5.41, 5.74) is 10.3. The first kappa shape index (κ1) is 19.4. The molecule has 0 aliphatic rings. The van der Waals surface area contributed by atoms with Crippen LogP contribution < -0.4 is 21.7 Å². The molecule has 0 saturated carbocycles. The summed E-state index contributed by atoms with van der Waals surface area (Å²) in [7, 11) is 0. The molecule has 0 fully saturated rings. The van der Waals surface area contributed by atoms with Crippen LogP contribution in [0.2, 0.25) is 0 Å². The zero-order chi connectivity index (χ0) is 18.9. The molecule has 0 radical (unpaired) electrons. The van der Waals surface area contributed by atoms with E-state index in [2.05, 4.69) is 29.8 Å². The summed E-state index contributed by atoms with van der Waals surface area (Å²) >= 11 is 0. The lowest BCUT2D eigenvalue weighted by Gasteiger charge is -2.10. The Morgan fingerprint density at radius 3 is 2.35 bits per heavy atom. The minimum atomic E-state index is -0.266. The van der Waals surface area contributed by atoms with E-state index < -0.39 is 0 Å². The summed E-state index contributed by atoms with van der Waals surface area (Å²) in [6, 6.07) is 14.9. The molecule has 5 N–H and O–H groups in total. The lowest BCUT2D eigenvalue weighted by Crippen LogP contribution is -2.19. The Morgan fingerprint density at radius 2 is 1.69 bits per heavy atom. The Labute approximate surface area is 155 Å². The molecule has 2 amide bonds. The summed E-state index contributed by atoms with van der Waals surface area (Å²) in [5.74, 6) is 0.637. The first-order valence-corrected chi connectivity index (χ1v) is 8.89. The quantitative estimate of drug-likeness (QED) is 0.547. The number of amides is 2. The van der Waals surface area contributed by atoms with E-state index in [-0.39, 0.29) is 6.03 Å². The first-order chi connectivity index (χ1) is 12.4. The molecule has 5 heteroatoms. The van der Waals surface area contributed by atoms with E-state index in [1.807, 2.05) is 61.7 Å². The summed E-state index contributed by atoms with van der Waals surface area (Å²) in [5, 5.41) is 8.85. The van der Waals surface area contributed by atoms with E-state index >= 15 is 0 Å². The Morgan fingerprint density at radius 1 is 1.04 bits per heavy atom. The first-order valence-electron chi connectivity index (χ1n) is 8.89. The summed E-state index contributed by atoms with van der Waals surface area (Å²) < 4.78 is 0. The van der Waals surface area contributed by atoms with Crippen LogP contribution in [0.4, 0.5) is 21.9 Å². The number of nitrogens with two attached hydrogens (primary N) is 1. The van der Waals surface area contributed by atoms with Gasteiger partial charge in [0.2, 0.25) is 0 Å². The number of hydrogen-bond acceptors (Lipinski definition) is 3. The fourth-order valence-corrected chi connectivity index (χ4v) is 2.35. The number of nitrogens with one attached hydrogen (secondary N) is 3. The van der Waals surface area contributed by atoms with Gasteiger partial charge >= 0.3 is 6.03 Å². The maximum atomic E-state index is 12.1. The van der Waals surface area contributed by atoms with Crippen LogP contribution in [0.3, 0.4) is 0 Å².